The van der Waals surface area contributed by atoms with Gasteiger partial charge in [-0.2, -0.15) is 0 Å². The molecular weight excluding hydrogens is 224 g/mol. The van der Waals surface area contributed by atoms with Crippen LogP contribution >= 0.6 is 11.3 Å². The van der Waals surface area contributed by atoms with Gasteiger partial charge in [0.1, 0.15) is 0 Å². The SMILES string of the molecule is NC(=O)C1CCCN1CC(=O)c1cccs1. The second-order valence-electron chi connectivity index (χ2n) is 3.93. The van der Waals surface area contributed by atoms with Gasteiger partial charge in [-0.25, -0.2) is 0 Å². The fourth-order valence-electron chi connectivity index (χ4n) is 2.04. The van der Waals surface area contributed by atoms with Crippen molar-refractivity contribution in [2.45, 2.75) is 18.9 Å². The summed E-state index contributed by atoms with van der Waals surface area (Å²) in [6.07, 6.45) is 1.71. The van der Waals surface area contributed by atoms with Crippen molar-refractivity contribution in [3.8, 4) is 0 Å². The molecule has 5 heteroatoms. The summed E-state index contributed by atoms with van der Waals surface area (Å²) in [4.78, 5) is 25.6. The quantitative estimate of drug-likeness (QED) is 0.792. The molecule has 1 aliphatic rings. The van der Waals surface area contributed by atoms with Crippen LogP contribution in [0.25, 0.3) is 0 Å². The van der Waals surface area contributed by atoms with Crippen molar-refractivity contribution in [3.05, 3.63) is 22.4 Å². The van der Waals surface area contributed by atoms with E-state index in [1.165, 1.54) is 11.3 Å². The summed E-state index contributed by atoms with van der Waals surface area (Å²) >= 11 is 1.43. The first-order valence-corrected chi connectivity index (χ1v) is 6.16. The molecule has 86 valence electrons. The van der Waals surface area contributed by atoms with Crippen LogP contribution < -0.4 is 5.73 Å². The van der Waals surface area contributed by atoms with Gasteiger partial charge in [0.05, 0.1) is 17.5 Å². The number of likely N-dealkylation sites (tertiary alicyclic amines) is 1. The van der Waals surface area contributed by atoms with E-state index in [1.807, 2.05) is 22.4 Å². The van der Waals surface area contributed by atoms with E-state index in [2.05, 4.69) is 0 Å². The summed E-state index contributed by atoms with van der Waals surface area (Å²) in [7, 11) is 0. The van der Waals surface area contributed by atoms with Gasteiger partial charge in [-0.05, 0) is 30.8 Å². The zero-order chi connectivity index (χ0) is 11.5. The van der Waals surface area contributed by atoms with Crippen LogP contribution in [0.15, 0.2) is 17.5 Å². The Hall–Kier alpha value is -1.20. The molecule has 0 aromatic carbocycles. The zero-order valence-corrected chi connectivity index (χ0v) is 9.70. The molecule has 2 rings (SSSR count). The average molecular weight is 238 g/mol. The number of amides is 1. The Balaban J connectivity index is 1.99. The molecule has 0 bridgehead atoms. The number of nitrogens with two attached hydrogens (primary N) is 1. The summed E-state index contributed by atoms with van der Waals surface area (Å²) in [6, 6.07) is 3.40. The van der Waals surface area contributed by atoms with E-state index in [0.29, 0.717) is 6.54 Å². The van der Waals surface area contributed by atoms with Crippen LogP contribution in [0, 0.1) is 0 Å². The van der Waals surface area contributed by atoms with E-state index >= 15 is 0 Å². The molecule has 1 fully saturated rings. The molecule has 16 heavy (non-hydrogen) atoms. The molecule has 1 unspecified atom stereocenters. The highest BCUT2D eigenvalue weighted by molar-refractivity contribution is 7.12. The first-order valence-electron chi connectivity index (χ1n) is 5.28. The van der Waals surface area contributed by atoms with Gasteiger partial charge in [0.15, 0.2) is 5.78 Å². The normalized spacial score (nSPS) is 21.1. The van der Waals surface area contributed by atoms with E-state index < -0.39 is 0 Å². The average Bonchev–Trinajstić information content (AvgIpc) is 2.86. The van der Waals surface area contributed by atoms with Gasteiger partial charge in [0.25, 0.3) is 0 Å². The summed E-state index contributed by atoms with van der Waals surface area (Å²) in [6.45, 7) is 1.08. The summed E-state index contributed by atoms with van der Waals surface area (Å²) in [5, 5.41) is 1.88. The number of ketones is 1. The summed E-state index contributed by atoms with van der Waals surface area (Å²) < 4.78 is 0. The molecule has 2 heterocycles. The second kappa shape index (κ2) is 4.76. The molecule has 2 N–H and O–H groups in total. The maximum atomic E-state index is 11.8. The molecular formula is C11H14N2O2S. The maximum absolute atomic E-state index is 11.8. The van der Waals surface area contributed by atoms with Crippen molar-refractivity contribution in [1.29, 1.82) is 0 Å². The number of thiophene rings is 1. The first-order chi connectivity index (χ1) is 7.68. The number of primary amides is 1. The van der Waals surface area contributed by atoms with E-state index in [4.69, 9.17) is 5.73 Å². The Morgan fingerprint density at radius 2 is 2.38 bits per heavy atom. The topological polar surface area (TPSA) is 63.4 Å². The Kier molecular flexibility index (Phi) is 3.36. The van der Waals surface area contributed by atoms with Gasteiger partial charge in [-0.3, -0.25) is 14.5 Å². The Morgan fingerprint density at radius 3 is 3.00 bits per heavy atom. The fraction of sp³-hybridized carbons (Fsp3) is 0.455. The molecule has 0 aliphatic carbocycles. The highest BCUT2D eigenvalue weighted by atomic mass is 32.1. The van der Waals surface area contributed by atoms with E-state index in [9.17, 15) is 9.59 Å². The molecule has 1 saturated heterocycles. The van der Waals surface area contributed by atoms with Gasteiger partial charge < -0.3 is 5.73 Å². The minimum atomic E-state index is -0.323. The molecule has 4 nitrogen and oxygen atoms in total. The molecule has 1 aromatic heterocycles. The number of hydrogen-bond acceptors (Lipinski definition) is 4. The number of carbonyl (C=O) groups is 2. The molecule has 0 saturated carbocycles. The van der Waals surface area contributed by atoms with Crippen molar-refractivity contribution in [1.82, 2.24) is 4.90 Å². The number of Topliss-reactive ketones (excluding diaryl/α,β-unsaturated/α-hetero) is 1. The predicted octanol–water partition coefficient (Wildman–Crippen LogP) is 0.880. The first kappa shape index (κ1) is 11.3. The van der Waals surface area contributed by atoms with Gasteiger partial charge in [-0.15, -0.1) is 11.3 Å². The molecule has 1 aromatic rings. The van der Waals surface area contributed by atoms with E-state index in [1.54, 1.807) is 0 Å². The van der Waals surface area contributed by atoms with Gasteiger partial charge in [0.2, 0.25) is 5.91 Å². The van der Waals surface area contributed by atoms with Crippen molar-refractivity contribution >= 4 is 23.0 Å². The lowest BCUT2D eigenvalue weighted by atomic mass is 10.2. The largest absolute Gasteiger partial charge is 0.368 e. The predicted molar refractivity (Wildman–Crippen MR) is 62.4 cm³/mol. The van der Waals surface area contributed by atoms with Crippen molar-refractivity contribution < 1.29 is 9.59 Å². The lowest BCUT2D eigenvalue weighted by Gasteiger charge is -2.20. The third-order valence-electron chi connectivity index (χ3n) is 2.83. The number of nitrogens with zero attached hydrogens (tertiary/aromatic N) is 1. The van der Waals surface area contributed by atoms with Crippen LogP contribution in [0.2, 0.25) is 0 Å². The van der Waals surface area contributed by atoms with Crippen molar-refractivity contribution in [3.63, 3.8) is 0 Å². The van der Waals surface area contributed by atoms with E-state index in [-0.39, 0.29) is 17.7 Å². The summed E-state index contributed by atoms with van der Waals surface area (Å²) in [5.74, 6) is -0.250. The lowest BCUT2D eigenvalue weighted by Crippen LogP contribution is -2.42. The van der Waals surface area contributed by atoms with Gasteiger partial charge in [0, 0.05) is 0 Å². The van der Waals surface area contributed by atoms with Gasteiger partial charge in [-0.1, -0.05) is 6.07 Å². The van der Waals surface area contributed by atoms with Crippen LogP contribution in [-0.4, -0.2) is 35.7 Å². The Morgan fingerprint density at radius 1 is 1.56 bits per heavy atom. The van der Waals surface area contributed by atoms with Crippen LogP contribution in [-0.2, 0) is 4.79 Å². The third-order valence-corrected chi connectivity index (χ3v) is 3.75. The maximum Gasteiger partial charge on any atom is 0.234 e. The minimum Gasteiger partial charge on any atom is -0.368 e. The monoisotopic (exact) mass is 238 g/mol. The summed E-state index contributed by atoms with van der Waals surface area (Å²) in [5.41, 5.74) is 5.29. The molecule has 0 spiro atoms. The van der Waals surface area contributed by atoms with Gasteiger partial charge >= 0.3 is 0 Å². The van der Waals surface area contributed by atoms with Crippen molar-refractivity contribution in [2.75, 3.05) is 13.1 Å². The lowest BCUT2D eigenvalue weighted by molar-refractivity contribution is -0.122. The minimum absolute atomic E-state index is 0.0724. The molecule has 0 radical (unpaired) electrons. The smallest absolute Gasteiger partial charge is 0.234 e. The van der Waals surface area contributed by atoms with Crippen LogP contribution in [0.3, 0.4) is 0 Å². The molecule has 1 amide bonds. The van der Waals surface area contributed by atoms with Crippen LogP contribution in [0.1, 0.15) is 22.5 Å². The van der Waals surface area contributed by atoms with Crippen LogP contribution in [0.4, 0.5) is 0 Å². The highest BCUT2D eigenvalue weighted by Crippen LogP contribution is 2.18. The zero-order valence-electron chi connectivity index (χ0n) is 8.89. The molecule has 1 atom stereocenters. The highest BCUT2D eigenvalue weighted by Gasteiger charge is 2.30. The Bertz CT molecular complexity index is 389. The fourth-order valence-corrected chi connectivity index (χ4v) is 2.69. The number of hydrogen-bond donors (Lipinski definition) is 1. The standard InChI is InChI=1S/C11H14N2O2S/c12-11(15)8-3-1-5-13(8)7-9(14)10-4-2-6-16-10/h2,4,6,8H,1,3,5,7H2,(H2,12,15). The van der Waals surface area contributed by atoms with E-state index in [0.717, 1.165) is 24.3 Å². The Labute approximate surface area is 98.0 Å². The molecule has 1 aliphatic heterocycles. The third kappa shape index (κ3) is 2.31. The number of rotatable bonds is 4. The van der Waals surface area contributed by atoms with Crippen molar-refractivity contribution in [2.24, 2.45) is 5.73 Å². The van der Waals surface area contributed by atoms with Crippen LogP contribution in [0.5, 0.6) is 0 Å². The number of carbonyl (C=O) groups excluding carboxylic acids is 2. The second-order valence-corrected chi connectivity index (χ2v) is 4.88.